The molecule has 1 aliphatic heterocycles. The largest absolute Gasteiger partial charge is 0.389 e. The quantitative estimate of drug-likeness (QED) is 0.891. The van der Waals surface area contributed by atoms with E-state index in [1.165, 1.54) is 0 Å². The van der Waals surface area contributed by atoms with Crippen molar-refractivity contribution in [2.75, 3.05) is 6.54 Å². The molecule has 2 rings (SSSR count). The zero-order chi connectivity index (χ0) is 12.5. The second-order valence-corrected chi connectivity index (χ2v) is 4.49. The predicted octanol–water partition coefficient (Wildman–Crippen LogP) is 2.16. The molecule has 1 N–H and O–H groups in total. The Labute approximate surface area is 96.6 Å². The van der Waals surface area contributed by atoms with Crippen LogP contribution in [-0.4, -0.2) is 22.9 Å². The van der Waals surface area contributed by atoms with Gasteiger partial charge in [-0.1, -0.05) is 5.16 Å². The number of hydrogen-bond acceptors (Lipinski definition) is 4. The first-order valence-electron chi connectivity index (χ1n) is 5.54. The van der Waals surface area contributed by atoms with Crippen molar-refractivity contribution in [3.8, 4) is 0 Å². The molecule has 96 valence electrons. The number of nitrogens with zero attached hydrogens (tertiary/aromatic N) is 2. The van der Waals surface area contributed by atoms with E-state index in [2.05, 4.69) is 15.5 Å². The van der Waals surface area contributed by atoms with Crippen LogP contribution in [0.1, 0.15) is 37.9 Å². The third kappa shape index (κ3) is 2.96. The van der Waals surface area contributed by atoms with Gasteiger partial charge in [-0.3, -0.25) is 0 Å². The van der Waals surface area contributed by atoms with Crippen LogP contribution in [0.3, 0.4) is 0 Å². The Balaban J connectivity index is 2.01. The van der Waals surface area contributed by atoms with Gasteiger partial charge in [0.1, 0.15) is 0 Å². The summed E-state index contributed by atoms with van der Waals surface area (Å²) in [4.78, 5) is 4.03. The van der Waals surface area contributed by atoms with E-state index in [1.54, 1.807) is 0 Å². The van der Waals surface area contributed by atoms with Crippen molar-refractivity contribution >= 4 is 0 Å². The Morgan fingerprint density at radius 3 is 2.82 bits per heavy atom. The molecule has 1 fully saturated rings. The molecule has 0 amide bonds. The van der Waals surface area contributed by atoms with Crippen LogP contribution in [0.2, 0.25) is 0 Å². The Bertz CT molecular complexity index is 382. The maximum absolute atomic E-state index is 12.0. The summed E-state index contributed by atoms with van der Waals surface area (Å²) in [6.45, 7) is 2.78. The van der Waals surface area contributed by atoms with E-state index in [0.717, 1.165) is 19.4 Å². The molecule has 1 aromatic heterocycles. The fourth-order valence-corrected chi connectivity index (χ4v) is 1.91. The van der Waals surface area contributed by atoms with Crippen molar-refractivity contribution in [1.82, 2.24) is 15.5 Å². The van der Waals surface area contributed by atoms with Gasteiger partial charge in [-0.15, -0.1) is 0 Å². The van der Waals surface area contributed by atoms with Crippen LogP contribution in [-0.2, 0) is 12.0 Å². The lowest BCUT2D eigenvalue weighted by molar-refractivity contribution is -0.134. The van der Waals surface area contributed by atoms with Crippen molar-refractivity contribution in [2.45, 2.75) is 44.3 Å². The molecule has 0 radical (unpaired) electrons. The molecule has 1 aliphatic rings. The highest BCUT2D eigenvalue weighted by molar-refractivity contribution is 5.04. The number of aromatic nitrogens is 2. The maximum atomic E-state index is 12.0. The Morgan fingerprint density at radius 2 is 2.24 bits per heavy atom. The summed E-state index contributed by atoms with van der Waals surface area (Å²) in [5.74, 6) is 0.499. The maximum Gasteiger partial charge on any atom is 0.389 e. The monoisotopic (exact) mass is 249 g/mol. The minimum atomic E-state index is -4.18. The van der Waals surface area contributed by atoms with Crippen LogP contribution in [0.5, 0.6) is 0 Å². The molecule has 1 unspecified atom stereocenters. The smallest absolute Gasteiger partial charge is 0.337 e. The molecule has 7 heteroatoms. The molecule has 0 saturated carbocycles. The Kier molecular flexibility index (Phi) is 3.11. The average molecular weight is 249 g/mol. The van der Waals surface area contributed by atoms with Crippen molar-refractivity contribution in [1.29, 1.82) is 0 Å². The van der Waals surface area contributed by atoms with Gasteiger partial charge in [0.25, 0.3) is 0 Å². The van der Waals surface area contributed by atoms with E-state index < -0.39 is 12.6 Å². The van der Waals surface area contributed by atoms with Crippen LogP contribution < -0.4 is 5.32 Å². The first-order chi connectivity index (χ1) is 7.89. The topological polar surface area (TPSA) is 51.0 Å². The van der Waals surface area contributed by atoms with Gasteiger partial charge < -0.3 is 9.84 Å². The Morgan fingerprint density at radius 1 is 1.47 bits per heavy atom. The van der Waals surface area contributed by atoms with E-state index in [4.69, 9.17) is 4.52 Å². The van der Waals surface area contributed by atoms with Crippen LogP contribution in [0.25, 0.3) is 0 Å². The van der Waals surface area contributed by atoms with E-state index in [0.29, 0.717) is 5.89 Å². The summed E-state index contributed by atoms with van der Waals surface area (Å²) in [7, 11) is 0. The molecule has 0 spiro atoms. The Hall–Kier alpha value is -1.11. The summed E-state index contributed by atoms with van der Waals surface area (Å²) < 4.78 is 41.1. The number of halogens is 3. The zero-order valence-corrected chi connectivity index (χ0v) is 9.47. The first-order valence-corrected chi connectivity index (χ1v) is 5.54. The van der Waals surface area contributed by atoms with Crippen molar-refractivity contribution in [3.05, 3.63) is 11.7 Å². The highest BCUT2D eigenvalue weighted by Crippen LogP contribution is 2.29. The normalized spacial score (nSPS) is 25.4. The van der Waals surface area contributed by atoms with E-state index in [1.807, 2.05) is 6.92 Å². The second kappa shape index (κ2) is 4.29. The molecular weight excluding hydrogens is 235 g/mol. The van der Waals surface area contributed by atoms with Gasteiger partial charge in [-0.05, 0) is 26.3 Å². The predicted molar refractivity (Wildman–Crippen MR) is 53.3 cm³/mol. The standard InChI is InChI=1S/C10H14F3N3O/c1-9(4-2-6-14-9)8-15-7(16-17-8)3-5-10(11,12)13/h14H,2-6H2,1H3. The first kappa shape index (κ1) is 12.3. The van der Waals surface area contributed by atoms with E-state index >= 15 is 0 Å². The second-order valence-electron chi connectivity index (χ2n) is 4.49. The number of rotatable bonds is 3. The summed E-state index contributed by atoms with van der Waals surface area (Å²) in [5, 5.41) is 6.80. The number of nitrogens with one attached hydrogen (secondary N) is 1. The fourth-order valence-electron chi connectivity index (χ4n) is 1.91. The molecule has 17 heavy (non-hydrogen) atoms. The van der Waals surface area contributed by atoms with Gasteiger partial charge in [0.2, 0.25) is 5.89 Å². The summed E-state index contributed by atoms with van der Waals surface area (Å²) >= 11 is 0. The minimum Gasteiger partial charge on any atom is -0.337 e. The minimum absolute atomic E-state index is 0.118. The van der Waals surface area contributed by atoms with Gasteiger partial charge >= 0.3 is 6.18 Å². The molecule has 1 saturated heterocycles. The molecule has 1 aromatic rings. The van der Waals surface area contributed by atoms with Gasteiger partial charge in [0.05, 0.1) is 12.0 Å². The molecule has 2 heterocycles. The fraction of sp³-hybridized carbons (Fsp3) is 0.800. The van der Waals surface area contributed by atoms with Crippen LogP contribution in [0, 0.1) is 0 Å². The lowest BCUT2D eigenvalue weighted by Crippen LogP contribution is -2.33. The highest BCUT2D eigenvalue weighted by atomic mass is 19.4. The number of alkyl halides is 3. The lowest BCUT2D eigenvalue weighted by atomic mass is 10.0. The highest BCUT2D eigenvalue weighted by Gasteiger charge is 2.36. The van der Waals surface area contributed by atoms with E-state index in [-0.39, 0.29) is 17.8 Å². The van der Waals surface area contributed by atoms with Crippen molar-refractivity contribution < 1.29 is 17.7 Å². The van der Waals surface area contributed by atoms with Gasteiger partial charge in [-0.2, -0.15) is 18.2 Å². The van der Waals surface area contributed by atoms with E-state index in [9.17, 15) is 13.2 Å². The number of hydrogen-bond donors (Lipinski definition) is 1. The lowest BCUT2D eigenvalue weighted by Gasteiger charge is -2.18. The van der Waals surface area contributed by atoms with Crippen molar-refractivity contribution in [2.24, 2.45) is 0 Å². The van der Waals surface area contributed by atoms with Gasteiger partial charge in [-0.25, -0.2) is 0 Å². The van der Waals surface area contributed by atoms with Gasteiger partial charge in [0, 0.05) is 6.42 Å². The third-order valence-corrected chi connectivity index (χ3v) is 2.94. The van der Waals surface area contributed by atoms with Crippen LogP contribution in [0.15, 0.2) is 4.52 Å². The van der Waals surface area contributed by atoms with Crippen LogP contribution >= 0.6 is 0 Å². The number of aryl methyl sites for hydroxylation is 1. The molecular formula is C10H14F3N3O. The molecule has 0 aliphatic carbocycles. The van der Waals surface area contributed by atoms with Crippen LogP contribution in [0.4, 0.5) is 13.2 Å². The SMILES string of the molecule is CC1(c2nc(CCC(F)(F)F)no2)CCCN1. The molecule has 1 atom stereocenters. The molecule has 0 aromatic carbocycles. The zero-order valence-electron chi connectivity index (χ0n) is 9.47. The summed E-state index contributed by atoms with van der Waals surface area (Å²) in [6, 6.07) is 0. The summed E-state index contributed by atoms with van der Waals surface area (Å²) in [6.07, 6.45) is -3.49. The average Bonchev–Trinajstić information content (AvgIpc) is 2.83. The molecule has 0 bridgehead atoms. The van der Waals surface area contributed by atoms with Gasteiger partial charge in [0.15, 0.2) is 5.82 Å². The third-order valence-electron chi connectivity index (χ3n) is 2.94. The summed E-state index contributed by atoms with van der Waals surface area (Å²) in [5.41, 5.74) is -0.385. The van der Waals surface area contributed by atoms with Crippen molar-refractivity contribution in [3.63, 3.8) is 0 Å². The molecule has 4 nitrogen and oxygen atoms in total.